The number of methoxy groups -OCH3 is 1. The predicted molar refractivity (Wildman–Crippen MR) is 97.6 cm³/mol. The number of esters is 1. The van der Waals surface area contributed by atoms with Crippen molar-refractivity contribution >= 4 is 29.1 Å². The van der Waals surface area contributed by atoms with Gasteiger partial charge in [-0.15, -0.1) is 0 Å². The van der Waals surface area contributed by atoms with E-state index in [1.807, 2.05) is 49.4 Å². The lowest BCUT2D eigenvalue weighted by Crippen LogP contribution is -2.08. The zero-order valence-corrected chi connectivity index (χ0v) is 14.0. The SMILES string of the molecule is COC(=O)c1ccccc1Nc1nc(C)cc(Nc2ccccc2)n1. The molecule has 126 valence electrons. The molecule has 1 heterocycles. The number of ether oxygens (including phenoxy) is 1. The molecule has 0 aliphatic rings. The number of hydrogen-bond donors (Lipinski definition) is 2. The summed E-state index contributed by atoms with van der Waals surface area (Å²) < 4.78 is 4.81. The van der Waals surface area contributed by atoms with Crippen molar-refractivity contribution in [3.05, 3.63) is 71.9 Å². The van der Waals surface area contributed by atoms with Gasteiger partial charge in [0.15, 0.2) is 0 Å². The average Bonchev–Trinajstić information content (AvgIpc) is 2.62. The molecule has 0 saturated carbocycles. The Bertz CT molecular complexity index is 882. The monoisotopic (exact) mass is 334 g/mol. The molecule has 2 aromatic carbocycles. The number of nitrogens with one attached hydrogen (secondary N) is 2. The summed E-state index contributed by atoms with van der Waals surface area (Å²) in [5.74, 6) is 0.643. The highest BCUT2D eigenvalue weighted by atomic mass is 16.5. The highest BCUT2D eigenvalue weighted by molar-refractivity contribution is 5.96. The van der Waals surface area contributed by atoms with Crippen LogP contribution < -0.4 is 10.6 Å². The van der Waals surface area contributed by atoms with E-state index in [4.69, 9.17) is 4.74 Å². The lowest BCUT2D eigenvalue weighted by Gasteiger charge is -2.12. The summed E-state index contributed by atoms with van der Waals surface area (Å²) in [6.07, 6.45) is 0. The molecule has 0 amide bonds. The summed E-state index contributed by atoms with van der Waals surface area (Å²) in [7, 11) is 1.35. The summed E-state index contributed by atoms with van der Waals surface area (Å²) >= 11 is 0. The molecule has 2 N–H and O–H groups in total. The molecule has 0 saturated heterocycles. The van der Waals surface area contributed by atoms with E-state index in [-0.39, 0.29) is 0 Å². The second-order valence-corrected chi connectivity index (χ2v) is 5.37. The van der Waals surface area contributed by atoms with Crippen LogP contribution in [0.3, 0.4) is 0 Å². The maximum atomic E-state index is 11.9. The average molecular weight is 334 g/mol. The number of aryl methyl sites for hydroxylation is 1. The van der Waals surface area contributed by atoms with Crippen LogP contribution in [0.15, 0.2) is 60.7 Å². The van der Waals surface area contributed by atoms with Gasteiger partial charge in [0, 0.05) is 17.4 Å². The first kappa shape index (κ1) is 16.4. The van der Waals surface area contributed by atoms with Gasteiger partial charge in [-0.1, -0.05) is 30.3 Å². The summed E-state index contributed by atoms with van der Waals surface area (Å²) in [4.78, 5) is 20.7. The van der Waals surface area contributed by atoms with E-state index in [0.717, 1.165) is 11.4 Å². The molecule has 0 aliphatic heterocycles. The minimum Gasteiger partial charge on any atom is -0.465 e. The van der Waals surface area contributed by atoms with Crippen LogP contribution in [0.5, 0.6) is 0 Å². The van der Waals surface area contributed by atoms with Crippen molar-refractivity contribution in [3.8, 4) is 0 Å². The zero-order valence-electron chi connectivity index (χ0n) is 14.0. The van der Waals surface area contributed by atoms with Crippen molar-refractivity contribution in [2.75, 3.05) is 17.7 Å². The molecule has 6 heteroatoms. The van der Waals surface area contributed by atoms with Crippen LogP contribution in [0.1, 0.15) is 16.1 Å². The maximum absolute atomic E-state index is 11.9. The molecule has 25 heavy (non-hydrogen) atoms. The zero-order chi connectivity index (χ0) is 17.6. The molecule has 3 aromatic rings. The Morgan fingerprint density at radius 1 is 0.960 bits per heavy atom. The Morgan fingerprint density at radius 2 is 1.68 bits per heavy atom. The van der Waals surface area contributed by atoms with Crippen LogP contribution in [0.4, 0.5) is 23.1 Å². The number of anilines is 4. The number of carbonyl (C=O) groups is 1. The highest BCUT2D eigenvalue weighted by Crippen LogP contribution is 2.22. The molecular weight excluding hydrogens is 316 g/mol. The first-order valence-electron chi connectivity index (χ1n) is 7.78. The van der Waals surface area contributed by atoms with E-state index in [2.05, 4.69) is 20.6 Å². The third-order valence-corrected chi connectivity index (χ3v) is 3.48. The summed E-state index contributed by atoms with van der Waals surface area (Å²) in [6, 6.07) is 18.7. The minimum absolute atomic E-state index is 0.398. The second kappa shape index (κ2) is 7.44. The number of hydrogen-bond acceptors (Lipinski definition) is 6. The van der Waals surface area contributed by atoms with Crippen LogP contribution in [0.25, 0.3) is 0 Å². The Hall–Kier alpha value is -3.41. The fourth-order valence-electron chi connectivity index (χ4n) is 2.36. The molecule has 0 spiro atoms. The Morgan fingerprint density at radius 3 is 2.44 bits per heavy atom. The lowest BCUT2D eigenvalue weighted by atomic mass is 10.2. The third-order valence-electron chi connectivity index (χ3n) is 3.48. The molecule has 0 radical (unpaired) electrons. The van der Waals surface area contributed by atoms with Gasteiger partial charge in [-0.3, -0.25) is 0 Å². The van der Waals surface area contributed by atoms with Crippen LogP contribution in [-0.2, 0) is 4.74 Å². The molecular formula is C19H18N4O2. The van der Waals surface area contributed by atoms with Gasteiger partial charge >= 0.3 is 5.97 Å². The van der Waals surface area contributed by atoms with Gasteiger partial charge in [-0.25, -0.2) is 9.78 Å². The van der Waals surface area contributed by atoms with Crippen LogP contribution in [0, 0.1) is 6.92 Å². The standard InChI is InChI=1S/C19H18N4O2/c1-13-12-17(21-14-8-4-3-5-9-14)23-19(20-13)22-16-11-7-6-10-15(16)18(24)25-2/h3-12H,1-2H3,(H2,20,21,22,23). The molecule has 0 atom stereocenters. The van der Waals surface area contributed by atoms with Crippen LogP contribution in [0.2, 0.25) is 0 Å². The van der Waals surface area contributed by atoms with Gasteiger partial charge in [-0.2, -0.15) is 4.98 Å². The second-order valence-electron chi connectivity index (χ2n) is 5.37. The van der Waals surface area contributed by atoms with Gasteiger partial charge in [0.2, 0.25) is 5.95 Å². The molecule has 6 nitrogen and oxygen atoms in total. The van der Waals surface area contributed by atoms with E-state index in [0.29, 0.717) is 23.0 Å². The molecule has 0 bridgehead atoms. The van der Waals surface area contributed by atoms with Gasteiger partial charge < -0.3 is 15.4 Å². The van der Waals surface area contributed by atoms with E-state index in [9.17, 15) is 4.79 Å². The van der Waals surface area contributed by atoms with Crippen LogP contribution >= 0.6 is 0 Å². The van der Waals surface area contributed by atoms with E-state index in [1.54, 1.807) is 18.2 Å². The fraction of sp³-hybridized carbons (Fsp3) is 0.105. The number of nitrogens with zero attached hydrogens (tertiary/aromatic N) is 2. The molecule has 0 unspecified atom stereocenters. The van der Waals surface area contributed by atoms with Crippen molar-refractivity contribution in [3.63, 3.8) is 0 Å². The molecule has 1 aromatic heterocycles. The summed E-state index contributed by atoms with van der Waals surface area (Å²) in [6.45, 7) is 1.88. The van der Waals surface area contributed by atoms with Crippen LogP contribution in [-0.4, -0.2) is 23.0 Å². The van der Waals surface area contributed by atoms with Crippen molar-refractivity contribution in [1.82, 2.24) is 9.97 Å². The number of rotatable bonds is 5. The summed E-state index contributed by atoms with van der Waals surface area (Å²) in [5.41, 5.74) is 2.74. The first-order valence-corrected chi connectivity index (χ1v) is 7.78. The van der Waals surface area contributed by atoms with E-state index in [1.165, 1.54) is 7.11 Å². The Labute approximate surface area is 145 Å². The molecule has 3 rings (SSSR count). The summed E-state index contributed by atoms with van der Waals surface area (Å²) in [5, 5.41) is 6.33. The minimum atomic E-state index is -0.418. The van der Waals surface area contributed by atoms with Crippen molar-refractivity contribution < 1.29 is 9.53 Å². The Kier molecular flexibility index (Phi) is 4.89. The van der Waals surface area contributed by atoms with E-state index < -0.39 is 5.97 Å². The number of para-hydroxylation sites is 2. The van der Waals surface area contributed by atoms with E-state index >= 15 is 0 Å². The Balaban J connectivity index is 1.88. The van der Waals surface area contributed by atoms with Crippen molar-refractivity contribution in [2.45, 2.75) is 6.92 Å². The fourth-order valence-corrected chi connectivity index (χ4v) is 2.36. The molecule has 0 aliphatic carbocycles. The van der Waals surface area contributed by atoms with Crippen molar-refractivity contribution in [2.24, 2.45) is 0 Å². The number of aromatic nitrogens is 2. The quantitative estimate of drug-likeness (QED) is 0.685. The lowest BCUT2D eigenvalue weighted by molar-refractivity contribution is 0.0602. The van der Waals surface area contributed by atoms with Gasteiger partial charge in [0.1, 0.15) is 5.82 Å². The maximum Gasteiger partial charge on any atom is 0.339 e. The van der Waals surface area contributed by atoms with Gasteiger partial charge in [0.25, 0.3) is 0 Å². The number of carbonyl (C=O) groups excluding carboxylic acids is 1. The third kappa shape index (κ3) is 4.11. The highest BCUT2D eigenvalue weighted by Gasteiger charge is 2.12. The predicted octanol–water partition coefficient (Wildman–Crippen LogP) is 4.06. The first-order chi connectivity index (χ1) is 12.2. The largest absolute Gasteiger partial charge is 0.465 e. The molecule has 0 fully saturated rings. The van der Waals surface area contributed by atoms with Crippen molar-refractivity contribution in [1.29, 1.82) is 0 Å². The van der Waals surface area contributed by atoms with Gasteiger partial charge in [0.05, 0.1) is 18.4 Å². The smallest absolute Gasteiger partial charge is 0.339 e. The number of benzene rings is 2. The van der Waals surface area contributed by atoms with Gasteiger partial charge in [-0.05, 0) is 31.2 Å². The topological polar surface area (TPSA) is 76.1 Å². The normalized spacial score (nSPS) is 10.2.